The molecule has 0 spiro atoms. The summed E-state index contributed by atoms with van der Waals surface area (Å²) in [6.45, 7) is 1.12. The number of rotatable bonds is 4. The third kappa shape index (κ3) is 2.04. The standard InChI is InChI=1S/C15H27NO/c1-16(2)5-3-4-15(17)13-7-11-6-12(9-13)10-14(15)8-11/h11-14,17H,3-10H2,1-2H3. The van der Waals surface area contributed by atoms with Crippen LogP contribution in [-0.2, 0) is 0 Å². The van der Waals surface area contributed by atoms with Crippen molar-refractivity contribution < 1.29 is 5.11 Å². The molecule has 0 saturated heterocycles. The van der Waals surface area contributed by atoms with Gasteiger partial charge in [-0.05, 0) is 89.3 Å². The fourth-order valence-electron chi connectivity index (χ4n) is 5.09. The molecule has 0 aromatic heterocycles. The van der Waals surface area contributed by atoms with Gasteiger partial charge in [0.2, 0.25) is 0 Å². The fourth-order valence-corrected chi connectivity index (χ4v) is 5.09. The molecule has 4 rings (SSSR count). The highest BCUT2D eigenvalue weighted by atomic mass is 16.3. The van der Waals surface area contributed by atoms with Gasteiger partial charge in [0, 0.05) is 0 Å². The second kappa shape index (κ2) is 4.24. The van der Waals surface area contributed by atoms with Crippen LogP contribution in [0.4, 0.5) is 0 Å². The summed E-state index contributed by atoms with van der Waals surface area (Å²) in [6, 6.07) is 0. The lowest BCUT2D eigenvalue weighted by Crippen LogP contribution is -2.57. The molecule has 17 heavy (non-hydrogen) atoms. The van der Waals surface area contributed by atoms with Gasteiger partial charge in [-0.1, -0.05) is 0 Å². The Balaban J connectivity index is 1.65. The van der Waals surface area contributed by atoms with Crippen LogP contribution in [0.3, 0.4) is 0 Å². The lowest BCUT2D eigenvalue weighted by Gasteiger charge is -2.59. The largest absolute Gasteiger partial charge is 0.389 e. The van der Waals surface area contributed by atoms with Gasteiger partial charge in [-0.15, -0.1) is 0 Å². The molecular formula is C15H27NO. The summed E-state index contributed by atoms with van der Waals surface area (Å²) in [5.41, 5.74) is -0.288. The Labute approximate surface area is 105 Å². The predicted molar refractivity (Wildman–Crippen MR) is 69.8 cm³/mol. The van der Waals surface area contributed by atoms with Crippen molar-refractivity contribution in [2.24, 2.45) is 23.7 Å². The van der Waals surface area contributed by atoms with Crippen molar-refractivity contribution in [3.8, 4) is 0 Å². The molecule has 2 heteroatoms. The summed E-state index contributed by atoms with van der Waals surface area (Å²) in [6.07, 6.45) is 8.97. The molecule has 4 aliphatic rings. The maximum absolute atomic E-state index is 11.1. The maximum Gasteiger partial charge on any atom is 0.0704 e. The van der Waals surface area contributed by atoms with Gasteiger partial charge in [-0.25, -0.2) is 0 Å². The average Bonchev–Trinajstić information content (AvgIpc) is 2.24. The number of aliphatic hydroxyl groups is 1. The molecule has 0 heterocycles. The van der Waals surface area contributed by atoms with Gasteiger partial charge in [0.15, 0.2) is 0 Å². The van der Waals surface area contributed by atoms with E-state index in [1.54, 1.807) is 0 Å². The highest BCUT2D eigenvalue weighted by Crippen LogP contribution is 2.59. The minimum absolute atomic E-state index is 0.288. The summed E-state index contributed by atoms with van der Waals surface area (Å²) in [5, 5.41) is 11.1. The Morgan fingerprint density at radius 1 is 1.00 bits per heavy atom. The lowest BCUT2D eigenvalue weighted by atomic mass is 9.49. The van der Waals surface area contributed by atoms with Crippen LogP contribution in [0.15, 0.2) is 0 Å². The smallest absolute Gasteiger partial charge is 0.0704 e. The first kappa shape index (κ1) is 12.0. The summed E-state index contributed by atoms with van der Waals surface area (Å²) >= 11 is 0. The number of nitrogens with zero attached hydrogens (tertiary/aromatic N) is 1. The van der Waals surface area contributed by atoms with Gasteiger partial charge in [-0.2, -0.15) is 0 Å². The Hall–Kier alpha value is -0.0800. The first-order valence-corrected chi connectivity index (χ1v) is 7.45. The third-order valence-electron chi connectivity index (χ3n) is 5.73. The van der Waals surface area contributed by atoms with E-state index in [4.69, 9.17) is 0 Å². The second-order valence-corrected chi connectivity index (χ2v) is 7.20. The van der Waals surface area contributed by atoms with E-state index >= 15 is 0 Å². The zero-order chi connectivity index (χ0) is 12.0. The van der Waals surface area contributed by atoms with Crippen LogP contribution in [0, 0.1) is 23.7 Å². The van der Waals surface area contributed by atoms with Crippen LogP contribution in [-0.4, -0.2) is 36.2 Å². The molecule has 0 aliphatic heterocycles. The molecule has 1 N–H and O–H groups in total. The van der Waals surface area contributed by atoms with Crippen molar-refractivity contribution in [2.75, 3.05) is 20.6 Å². The summed E-state index contributed by atoms with van der Waals surface area (Å²) < 4.78 is 0. The van der Waals surface area contributed by atoms with Gasteiger partial charge in [0.05, 0.1) is 5.60 Å². The first-order valence-electron chi connectivity index (χ1n) is 7.45. The first-order chi connectivity index (χ1) is 8.08. The number of hydrogen-bond donors (Lipinski definition) is 1. The molecule has 4 saturated carbocycles. The molecule has 4 bridgehead atoms. The van der Waals surface area contributed by atoms with Crippen LogP contribution >= 0.6 is 0 Å². The minimum Gasteiger partial charge on any atom is -0.389 e. The average molecular weight is 237 g/mol. The van der Waals surface area contributed by atoms with Crippen molar-refractivity contribution in [1.29, 1.82) is 0 Å². The molecule has 4 aliphatic carbocycles. The van der Waals surface area contributed by atoms with Crippen molar-refractivity contribution in [1.82, 2.24) is 4.90 Å². The molecule has 98 valence electrons. The monoisotopic (exact) mass is 237 g/mol. The fraction of sp³-hybridized carbons (Fsp3) is 1.00. The van der Waals surface area contributed by atoms with E-state index in [1.165, 1.54) is 32.1 Å². The van der Waals surface area contributed by atoms with Gasteiger partial charge in [0.1, 0.15) is 0 Å². The molecule has 0 unspecified atom stereocenters. The molecule has 2 nitrogen and oxygen atoms in total. The Bertz CT molecular complexity index is 259. The molecule has 0 aromatic rings. The van der Waals surface area contributed by atoms with Crippen molar-refractivity contribution in [2.45, 2.75) is 50.5 Å². The normalized spacial score (nSPS) is 48.0. The minimum atomic E-state index is -0.288. The zero-order valence-corrected chi connectivity index (χ0v) is 11.4. The van der Waals surface area contributed by atoms with Gasteiger partial charge < -0.3 is 10.0 Å². The topological polar surface area (TPSA) is 23.5 Å². The molecule has 0 atom stereocenters. The van der Waals surface area contributed by atoms with Gasteiger partial charge in [-0.3, -0.25) is 0 Å². The van der Waals surface area contributed by atoms with E-state index in [0.29, 0.717) is 11.8 Å². The van der Waals surface area contributed by atoms with E-state index in [0.717, 1.165) is 31.2 Å². The van der Waals surface area contributed by atoms with E-state index in [1.807, 2.05) is 0 Å². The van der Waals surface area contributed by atoms with E-state index < -0.39 is 0 Å². The summed E-state index contributed by atoms with van der Waals surface area (Å²) in [5.74, 6) is 3.21. The van der Waals surface area contributed by atoms with Gasteiger partial charge in [0.25, 0.3) is 0 Å². The molecule has 0 radical (unpaired) electrons. The van der Waals surface area contributed by atoms with Crippen molar-refractivity contribution in [3.05, 3.63) is 0 Å². The Morgan fingerprint density at radius 3 is 2.00 bits per heavy atom. The zero-order valence-electron chi connectivity index (χ0n) is 11.4. The third-order valence-corrected chi connectivity index (χ3v) is 5.73. The van der Waals surface area contributed by atoms with E-state index in [-0.39, 0.29) is 5.60 Å². The van der Waals surface area contributed by atoms with E-state index in [9.17, 15) is 5.11 Å². The SMILES string of the molecule is CN(C)CCCC1(O)C2CC3CC(C2)CC1C3. The summed E-state index contributed by atoms with van der Waals surface area (Å²) in [4.78, 5) is 2.24. The lowest BCUT2D eigenvalue weighted by molar-refractivity contribution is -0.177. The highest BCUT2D eigenvalue weighted by Gasteiger charge is 2.55. The van der Waals surface area contributed by atoms with Crippen LogP contribution in [0.1, 0.15) is 44.9 Å². The van der Waals surface area contributed by atoms with Crippen LogP contribution < -0.4 is 0 Å². The molecule has 0 amide bonds. The van der Waals surface area contributed by atoms with Crippen LogP contribution in [0.25, 0.3) is 0 Å². The van der Waals surface area contributed by atoms with Crippen molar-refractivity contribution in [3.63, 3.8) is 0 Å². The molecule has 4 fully saturated rings. The van der Waals surface area contributed by atoms with Gasteiger partial charge >= 0.3 is 0 Å². The maximum atomic E-state index is 11.1. The Morgan fingerprint density at radius 2 is 1.53 bits per heavy atom. The van der Waals surface area contributed by atoms with Crippen molar-refractivity contribution >= 4 is 0 Å². The predicted octanol–water partition coefficient (Wildman–Crippen LogP) is 2.52. The van der Waals surface area contributed by atoms with E-state index in [2.05, 4.69) is 19.0 Å². The van der Waals surface area contributed by atoms with Crippen LogP contribution in [0.2, 0.25) is 0 Å². The number of hydrogen-bond acceptors (Lipinski definition) is 2. The Kier molecular flexibility index (Phi) is 2.99. The highest BCUT2D eigenvalue weighted by molar-refractivity contribution is 5.06. The molecular weight excluding hydrogens is 210 g/mol. The summed E-state index contributed by atoms with van der Waals surface area (Å²) in [7, 11) is 4.25. The quantitative estimate of drug-likeness (QED) is 0.812. The second-order valence-electron chi connectivity index (χ2n) is 7.20. The molecule has 0 aromatic carbocycles. The van der Waals surface area contributed by atoms with Crippen LogP contribution in [0.5, 0.6) is 0 Å².